The van der Waals surface area contributed by atoms with Gasteiger partial charge in [0, 0.05) is 17.8 Å². The van der Waals surface area contributed by atoms with Crippen molar-refractivity contribution in [3.05, 3.63) is 72.7 Å². The van der Waals surface area contributed by atoms with E-state index in [1.165, 1.54) is 6.33 Å². The topological polar surface area (TPSA) is 76.1 Å². The summed E-state index contributed by atoms with van der Waals surface area (Å²) in [6.07, 6.45) is 1.37. The summed E-state index contributed by atoms with van der Waals surface area (Å²) >= 11 is 0. The molecule has 3 aromatic rings. The number of carbonyl (C=O) groups is 1. The summed E-state index contributed by atoms with van der Waals surface area (Å²) in [6, 6.07) is 18.5. The highest BCUT2D eigenvalue weighted by atomic mass is 16.5. The summed E-state index contributed by atoms with van der Waals surface area (Å²) < 4.78 is 5.73. The van der Waals surface area contributed by atoms with Gasteiger partial charge in [-0.3, -0.25) is 4.79 Å². The van der Waals surface area contributed by atoms with Crippen molar-refractivity contribution in [1.82, 2.24) is 9.97 Å². The van der Waals surface area contributed by atoms with Crippen LogP contribution in [0.1, 0.15) is 24.3 Å². The standard InChI is InChI=1S/C20H20N4O2/c1-14(2)23-19-12-18(21-13-22-19)20(25)24-15-8-10-17(11-9-15)26-16-6-4-3-5-7-16/h3-14H,1-2H3,(H,24,25)(H,21,22,23). The smallest absolute Gasteiger partial charge is 0.274 e. The minimum atomic E-state index is -0.295. The van der Waals surface area contributed by atoms with Crippen LogP contribution < -0.4 is 15.4 Å². The molecule has 1 heterocycles. The molecule has 6 nitrogen and oxygen atoms in total. The summed E-state index contributed by atoms with van der Waals surface area (Å²) in [5.41, 5.74) is 0.958. The van der Waals surface area contributed by atoms with Crippen LogP contribution in [0.2, 0.25) is 0 Å². The first-order valence-corrected chi connectivity index (χ1v) is 8.33. The highest BCUT2D eigenvalue weighted by Gasteiger charge is 2.10. The van der Waals surface area contributed by atoms with Crippen LogP contribution in [-0.2, 0) is 0 Å². The second-order valence-corrected chi connectivity index (χ2v) is 5.98. The monoisotopic (exact) mass is 348 g/mol. The second-order valence-electron chi connectivity index (χ2n) is 5.98. The summed E-state index contributed by atoms with van der Waals surface area (Å²) in [5, 5.41) is 5.96. The van der Waals surface area contributed by atoms with Gasteiger partial charge in [-0.2, -0.15) is 0 Å². The van der Waals surface area contributed by atoms with Gasteiger partial charge in [0.05, 0.1) is 0 Å². The van der Waals surface area contributed by atoms with Crippen molar-refractivity contribution in [3.8, 4) is 11.5 Å². The molecule has 26 heavy (non-hydrogen) atoms. The lowest BCUT2D eigenvalue weighted by Gasteiger charge is -2.10. The number of anilines is 2. The van der Waals surface area contributed by atoms with E-state index in [1.54, 1.807) is 30.3 Å². The van der Waals surface area contributed by atoms with E-state index in [0.29, 0.717) is 22.9 Å². The lowest BCUT2D eigenvalue weighted by molar-refractivity contribution is 0.102. The molecule has 2 aromatic carbocycles. The van der Waals surface area contributed by atoms with Gasteiger partial charge in [-0.05, 0) is 50.2 Å². The van der Waals surface area contributed by atoms with Gasteiger partial charge in [0.2, 0.25) is 0 Å². The maximum Gasteiger partial charge on any atom is 0.274 e. The van der Waals surface area contributed by atoms with Crippen LogP contribution >= 0.6 is 0 Å². The number of amides is 1. The molecule has 0 saturated heterocycles. The van der Waals surface area contributed by atoms with E-state index in [2.05, 4.69) is 20.6 Å². The zero-order valence-corrected chi connectivity index (χ0v) is 14.6. The Kier molecular flexibility index (Phi) is 5.43. The molecule has 0 bridgehead atoms. The van der Waals surface area contributed by atoms with Crippen molar-refractivity contribution in [3.63, 3.8) is 0 Å². The Morgan fingerprint density at radius 3 is 2.35 bits per heavy atom. The van der Waals surface area contributed by atoms with Gasteiger partial charge in [-0.25, -0.2) is 9.97 Å². The van der Waals surface area contributed by atoms with Crippen LogP contribution in [0, 0.1) is 0 Å². The minimum Gasteiger partial charge on any atom is -0.457 e. The largest absolute Gasteiger partial charge is 0.457 e. The number of para-hydroxylation sites is 1. The van der Waals surface area contributed by atoms with Crippen LogP contribution in [0.25, 0.3) is 0 Å². The van der Waals surface area contributed by atoms with Crippen molar-refractivity contribution in [2.24, 2.45) is 0 Å². The first-order valence-electron chi connectivity index (χ1n) is 8.33. The molecule has 0 atom stereocenters. The number of benzene rings is 2. The summed E-state index contributed by atoms with van der Waals surface area (Å²) in [7, 11) is 0. The van der Waals surface area contributed by atoms with Gasteiger partial charge in [0.15, 0.2) is 0 Å². The zero-order chi connectivity index (χ0) is 18.4. The predicted octanol–water partition coefficient (Wildman–Crippen LogP) is 4.34. The average molecular weight is 348 g/mol. The fraction of sp³-hybridized carbons (Fsp3) is 0.150. The van der Waals surface area contributed by atoms with Gasteiger partial charge >= 0.3 is 0 Å². The van der Waals surface area contributed by atoms with Crippen molar-refractivity contribution in [1.29, 1.82) is 0 Å². The Balaban J connectivity index is 1.64. The predicted molar refractivity (Wildman–Crippen MR) is 102 cm³/mol. The molecule has 0 aliphatic carbocycles. The molecule has 1 amide bonds. The average Bonchev–Trinajstić information content (AvgIpc) is 2.64. The third-order valence-corrected chi connectivity index (χ3v) is 3.43. The molecule has 0 aliphatic heterocycles. The number of hydrogen-bond acceptors (Lipinski definition) is 5. The van der Waals surface area contributed by atoms with Gasteiger partial charge in [-0.15, -0.1) is 0 Å². The SMILES string of the molecule is CC(C)Nc1cc(C(=O)Nc2ccc(Oc3ccccc3)cc2)ncn1. The quantitative estimate of drug-likeness (QED) is 0.693. The van der Waals surface area contributed by atoms with Crippen molar-refractivity contribution < 1.29 is 9.53 Å². The Morgan fingerprint density at radius 2 is 1.65 bits per heavy atom. The zero-order valence-electron chi connectivity index (χ0n) is 14.6. The van der Waals surface area contributed by atoms with E-state index >= 15 is 0 Å². The molecule has 2 N–H and O–H groups in total. The Bertz CT molecular complexity index is 864. The van der Waals surface area contributed by atoms with Crippen molar-refractivity contribution in [2.75, 3.05) is 10.6 Å². The Hall–Kier alpha value is -3.41. The third-order valence-electron chi connectivity index (χ3n) is 3.43. The molecule has 6 heteroatoms. The van der Waals surface area contributed by atoms with Crippen LogP contribution in [0.15, 0.2) is 67.0 Å². The van der Waals surface area contributed by atoms with Crippen molar-refractivity contribution >= 4 is 17.4 Å². The third kappa shape index (κ3) is 4.80. The van der Waals surface area contributed by atoms with Crippen LogP contribution in [0.4, 0.5) is 11.5 Å². The van der Waals surface area contributed by atoms with Gasteiger partial charge in [0.25, 0.3) is 5.91 Å². The number of nitrogens with zero attached hydrogens (tertiary/aromatic N) is 2. The number of nitrogens with one attached hydrogen (secondary N) is 2. The summed E-state index contributed by atoms with van der Waals surface area (Å²) in [5.74, 6) is 1.78. The fourth-order valence-corrected chi connectivity index (χ4v) is 2.28. The molecular formula is C20H20N4O2. The van der Waals surface area contributed by atoms with E-state index in [0.717, 1.165) is 5.75 Å². The van der Waals surface area contributed by atoms with E-state index < -0.39 is 0 Å². The van der Waals surface area contributed by atoms with Crippen LogP contribution in [0.5, 0.6) is 11.5 Å². The van der Waals surface area contributed by atoms with E-state index in [4.69, 9.17) is 4.74 Å². The van der Waals surface area contributed by atoms with Crippen LogP contribution in [-0.4, -0.2) is 21.9 Å². The maximum absolute atomic E-state index is 12.4. The van der Waals surface area contributed by atoms with Gasteiger partial charge in [-0.1, -0.05) is 18.2 Å². The molecule has 0 radical (unpaired) electrons. The Morgan fingerprint density at radius 1 is 0.962 bits per heavy atom. The molecule has 132 valence electrons. The second kappa shape index (κ2) is 8.11. The molecule has 0 fully saturated rings. The highest BCUT2D eigenvalue weighted by molar-refractivity contribution is 6.03. The van der Waals surface area contributed by atoms with E-state index in [-0.39, 0.29) is 11.9 Å². The fourth-order valence-electron chi connectivity index (χ4n) is 2.28. The summed E-state index contributed by atoms with van der Waals surface area (Å²) in [6.45, 7) is 4.00. The maximum atomic E-state index is 12.4. The molecule has 0 spiro atoms. The number of hydrogen-bond donors (Lipinski definition) is 2. The lowest BCUT2D eigenvalue weighted by Crippen LogP contribution is -2.16. The number of carbonyl (C=O) groups excluding carboxylic acids is 1. The normalized spacial score (nSPS) is 10.4. The molecule has 1 aromatic heterocycles. The molecule has 3 rings (SSSR count). The number of rotatable bonds is 6. The van der Waals surface area contributed by atoms with Crippen LogP contribution in [0.3, 0.4) is 0 Å². The Labute approximate surface area is 152 Å². The van der Waals surface area contributed by atoms with Gasteiger partial charge < -0.3 is 15.4 Å². The summed E-state index contributed by atoms with van der Waals surface area (Å²) in [4.78, 5) is 20.5. The van der Waals surface area contributed by atoms with E-state index in [9.17, 15) is 4.79 Å². The lowest BCUT2D eigenvalue weighted by atomic mass is 10.2. The van der Waals surface area contributed by atoms with Crippen molar-refractivity contribution in [2.45, 2.75) is 19.9 Å². The number of aromatic nitrogens is 2. The molecule has 0 saturated carbocycles. The minimum absolute atomic E-state index is 0.220. The molecule has 0 unspecified atom stereocenters. The first kappa shape index (κ1) is 17.4. The van der Waals surface area contributed by atoms with Gasteiger partial charge in [0.1, 0.15) is 29.3 Å². The number of ether oxygens (including phenoxy) is 1. The van der Waals surface area contributed by atoms with E-state index in [1.807, 2.05) is 44.2 Å². The highest BCUT2D eigenvalue weighted by Crippen LogP contribution is 2.22. The first-order chi connectivity index (χ1) is 12.6. The molecular weight excluding hydrogens is 328 g/mol. The molecule has 0 aliphatic rings.